The second-order valence-electron chi connectivity index (χ2n) is 3.41. The maximum absolute atomic E-state index is 11.6. The molecule has 1 aliphatic heterocycles. The van der Waals surface area contributed by atoms with Gasteiger partial charge in [0.15, 0.2) is 16.4 Å². The van der Waals surface area contributed by atoms with E-state index >= 15 is 0 Å². The highest BCUT2D eigenvalue weighted by Crippen LogP contribution is 2.39. The molecular weight excluding hydrogens is 216 g/mol. The zero-order valence-corrected chi connectivity index (χ0v) is 9.43. The van der Waals surface area contributed by atoms with Crippen molar-refractivity contribution in [2.24, 2.45) is 0 Å². The summed E-state index contributed by atoms with van der Waals surface area (Å²) in [5.74, 6) is 0.820. The van der Waals surface area contributed by atoms with Gasteiger partial charge in [-0.2, -0.15) is 0 Å². The van der Waals surface area contributed by atoms with E-state index in [0.29, 0.717) is 29.6 Å². The smallest absolute Gasteiger partial charge is 0.352 e. The topological polar surface area (TPSA) is 44.8 Å². The highest BCUT2D eigenvalue weighted by molar-refractivity contribution is 7.12. The quantitative estimate of drug-likeness (QED) is 0.727. The number of fused-ring (bicyclic) bond motifs is 1. The molecule has 0 unspecified atom stereocenters. The van der Waals surface area contributed by atoms with Gasteiger partial charge in [-0.15, -0.1) is 11.3 Å². The van der Waals surface area contributed by atoms with E-state index in [-0.39, 0.29) is 12.1 Å². The summed E-state index contributed by atoms with van der Waals surface area (Å²) in [5, 5.41) is 1.77. The van der Waals surface area contributed by atoms with Crippen molar-refractivity contribution in [3.05, 3.63) is 10.3 Å². The van der Waals surface area contributed by atoms with Gasteiger partial charge >= 0.3 is 5.97 Å². The van der Waals surface area contributed by atoms with E-state index in [1.807, 2.05) is 13.8 Å². The fourth-order valence-electron chi connectivity index (χ4n) is 1.27. The molecule has 4 nitrogen and oxygen atoms in total. The van der Waals surface area contributed by atoms with Crippen molar-refractivity contribution in [3.8, 4) is 11.5 Å². The lowest BCUT2D eigenvalue weighted by molar-refractivity contribution is 0.0376. The molecule has 5 heteroatoms. The lowest BCUT2D eigenvalue weighted by atomic mass is 10.4. The Morgan fingerprint density at radius 1 is 1.47 bits per heavy atom. The Kier molecular flexibility index (Phi) is 2.81. The minimum atomic E-state index is -0.346. The summed E-state index contributed by atoms with van der Waals surface area (Å²) < 4.78 is 15.8. The minimum Gasteiger partial charge on any atom is -0.485 e. The SMILES string of the molecule is CC(C)OC(=O)c1scc2c1OCCO2. The van der Waals surface area contributed by atoms with E-state index < -0.39 is 0 Å². The van der Waals surface area contributed by atoms with Crippen molar-refractivity contribution in [2.45, 2.75) is 20.0 Å². The number of thiophene rings is 1. The largest absolute Gasteiger partial charge is 0.485 e. The van der Waals surface area contributed by atoms with Crippen LogP contribution >= 0.6 is 11.3 Å². The molecule has 0 atom stereocenters. The third-order valence-electron chi connectivity index (χ3n) is 1.83. The molecule has 0 saturated carbocycles. The van der Waals surface area contributed by atoms with Crippen LogP contribution in [0, 0.1) is 0 Å². The maximum Gasteiger partial charge on any atom is 0.352 e. The third kappa shape index (κ3) is 2.07. The van der Waals surface area contributed by atoms with Crippen LogP contribution in [0.5, 0.6) is 11.5 Å². The highest BCUT2D eigenvalue weighted by atomic mass is 32.1. The van der Waals surface area contributed by atoms with Crippen molar-refractivity contribution in [2.75, 3.05) is 13.2 Å². The summed E-state index contributed by atoms with van der Waals surface area (Å²) in [7, 11) is 0. The van der Waals surface area contributed by atoms with Crippen molar-refractivity contribution >= 4 is 17.3 Å². The molecule has 1 aromatic heterocycles. The summed E-state index contributed by atoms with van der Waals surface area (Å²) in [6, 6.07) is 0. The number of carbonyl (C=O) groups is 1. The molecule has 0 N–H and O–H groups in total. The summed E-state index contributed by atoms with van der Waals surface area (Å²) in [6.07, 6.45) is -0.125. The second-order valence-corrected chi connectivity index (χ2v) is 4.29. The van der Waals surface area contributed by atoms with E-state index in [2.05, 4.69) is 0 Å². The van der Waals surface area contributed by atoms with Gasteiger partial charge in [-0.25, -0.2) is 4.79 Å². The Morgan fingerprint density at radius 3 is 2.93 bits per heavy atom. The molecule has 0 saturated heterocycles. The average Bonchev–Trinajstić information content (AvgIpc) is 2.59. The maximum atomic E-state index is 11.6. The molecule has 0 fully saturated rings. The second kappa shape index (κ2) is 4.10. The number of hydrogen-bond acceptors (Lipinski definition) is 5. The summed E-state index contributed by atoms with van der Waals surface area (Å²) in [5.41, 5.74) is 0. The molecule has 2 heterocycles. The predicted molar refractivity (Wildman–Crippen MR) is 55.9 cm³/mol. The number of carbonyl (C=O) groups excluding carboxylic acids is 1. The van der Waals surface area contributed by atoms with Gasteiger partial charge in [0.05, 0.1) is 6.10 Å². The van der Waals surface area contributed by atoms with Crippen molar-refractivity contribution in [1.82, 2.24) is 0 Å². The van der Waals surface area contributed by atoms with E-state index in [9.17, 15) is 4.79 Å². The highest BCUT2D eigenvalue weighted by Gasteiger charge is 2.24. The molecule has 0 radical (unpaired) electrons. The molecule has 0 amide bonds. The van der Waals surface area contributed by atoms with Gasteiger partial charge in [0.1, 0.15) is 13.2 Å². The average molecular weight is 228 g/mol. The van der Waals surface area contributed by atoms with Crippen molar-refractivity contribution in [3.63, 3.8) is 0 Å². The Labute approximate surface area is 91.8 Å². The summed E-state index contributed by atoms with van der Waals surface area (Å²) in [4.78, 5) is 12.1. The zero-order valence-electron chi connectivity index (χ0n) is 8.61. The lowest BCUT2D eigenvalue weighted by Crippen LogP contribution is -2.17. The third-order valence-corrected chi connectivity index (χ3v) is 2.75. The van der Waals surface area contributed by atoms with Crippen LogP contribution in [-0.2, 0) is 4.74 Å². The first-order valence-corrected chi connectivity index (χ1v) is 5.64. The van der Waals surface area contributed by atoms with E-state index in [0.717, 1.165) is 0 Å². The molecule has 0 bridgehead atoms. The van der Waals surface area contributed by atoms with Crippen LogP contribution in [0.4, 0.5) is 0 Å². The Balaban J connectivity index is 2.21. The van der Waals surface area contributed by atoms with Crippen LogP contribution in [0.2, 0.25) is 0 Å². The fraction of sp³-hybridized carbons (Fsp3) is 0.500. The van der Waals surface area contributed by atoms with Crippen molar-refractivity contribution < 1.29 is 19.0 Å². The van der Waals surface area contributed by atoms with Gasteiger partial charge in [0.2, 0.25) is 0 Å². The van der Waals surface area contributed by atoms with Crippen LogP contribution < -0.4 is 9.47 Å². The first-order valence-electron chi connectivity index (χ1n) is 4.76. The molecule has 0 aliphatic carbocycles. The van der Waals surface area contributed by atoms with Crippen LogP contribution in [0.3, 0.4) is 0 Å². The molecule has 0 spiro atoms. The Hall–Kier alpha value is -1.23. The molecule has 82 valence electrons. The lowest BCUT2D eigenvalue weighted by Gasteiger charge is -2.16. The molecular formula is C10H12O4S. The molecule has 15 heavy (non-hydrogen) atoms. The number of esters is 1. The summed E-state index contributed by atoms with van der Waals surface area (Å²) >= 11 is 1.29. The monoisotopic (exact) mass is 228 g/mol. The molecule has 1 aliphatic rings. The van der Waals surface area contributed by atoms with Crippen LogP contribution in [-0.4, -0.2) is 25.3 Å². The molecule has 0 aromatic carbocycles. The summed E-state index contributed by atoms with van der Waals surface area (Å²) in [6.45, 7) is 4.64. The van der Waals surface area contributed by atoms with E-state index in [1.54, 1.807) is 5.38 Å². The van der Waals surface area contributed by atoms with Gasteiger partial charge in [0, 0.05) is 5.38 Å². The fourth-order valence-corrected chi connectivity index (χ4v) is 2.08. The zero-order chi connectivity index (χ0) is 10.8. The van der Waals surface area contributed by atoms with Gasteiger partial charge in [0.25, 0.3) is 0 Å². The van der Waals surface area contributed by atoms with Crippen LogP contribution in [0.25, 0.3) is 0 Å². The van der Waals surface area contributed by atoms with Gasteiger partial charge in [-0.05, 0) is 13.8 Å². The predicted octanol–water partition coefficient (Wildman–Crippen LogP) is 2.08. The minimum absolute atomic E-state index is 0.125. The van der Waals surface area contributed by atoms with Crippen LogP contribution in [0.1, 0.15) is 23.5 Å². The van der Waals surface area contributed by atoms with Gasteiger partial charge in [-0.3, -0.25) is 0 Å². The standard InChI is InChI=1S/C10H12O4S/c1-6(2)14-10(11)9-8-7(5-15-9)12-3-4-13-8/h5-6H,3-4H2,1-2H3. The first-order chi connectivity index (χ1) is 7.18. The number of hydrogen-bond donors (Lipinski definition) is 0. The van der Waals surface area contributed by atoms with Crippen molar-refractivity contribution in [1.29, 1.82) is 0 Å². The van der Waals surface area contributed by atoms with Gasteiger partial charge in [-0.1, -0.05) is 0 Å². The van der Waals surface area contributed by atoms with Crippen LogP contribution in [0.15, 0.2) is 5.38 Å². The van der Waals surface area contributed by atoms with E-state index in [1.165, 1.54) is 11.3 Å². The Bertz CT molecular complexity index is 369. The van der Waals surface area contributed by atoms with E-state index in [4.69, 9.17) is 14.2 Å². The first kappa shape index (κ1) is 10.3. The molecule has 1 aromatic rings. The molecule has 2 rings (SSSR count). The number of rotatable bonds is 2. The number of ether oxygens (including phenoxy) is 3. The van der Waals surface area contributed by atoms with Gasteiger partial charge < -0.3 is 14.2 Å². The Morgan fingerprint density at radius 2 is 2.20 bits per heavy atom. The normalized spacial score (nSPS) is 14.1.